The van der Waals surface area contributed by atoms with E-state index in [9.17, 15) is 17.6 Å². The molecular weight excluding hydrogens is 328 g/mol. The second kappa shape index (κ2) is 7.99. The molecule has 22 heavy (non-hydrogen) atoms. The van der Waals surface area contributed by atoms with Crippen LogP contribution in [0.2, 0.25) is 0 Å². The summed E-state index contributed by atoms with van der Waals surface area (Å²) >= 11 is 0. The number of halogens is 4. The van der Waals surface area contributed by atoms with E-state index in [0.717, 1.165) is 0 Å². The molecule has 0 aliphatic carbocycles. The van der Waals surface area contributed by atoms with Crippen LogP contribution in [0.15, 0.2) is 60.7 Å². The molecule has 0 unspecified atom stereocenters. The van der Waals surface area contributed by atoms with Crippen molar-refractivity contribution in [1.29, 1.82) is 0 Å². The van der Waals surface area contributed by atoms with Crippen molar-refractivity contribution in [2.45, 2.75) is 12.1 Å². The summed E-state index contributed by atoms with van der Waals surface area (Å²) in [5, 5.41) is 0. The van der Waals surface area contributed by atoms with Crippen molar-refractivity contribution in [2.75, 3.05) is 9.35 Å². The lowest BCUT2D eigenvalue weighted by atomic mass is 10.3. The second-order valence-corrected chi connectivity index (χ2v) is 6.39. The lowest BCUT2D eigenvalue weighted by Gasteiger charge is -2.37. The Balaban J connectivity index is 2.39. The van der Waals surface area contributed by atoms with E-state index in [-0.39, 0.29) is 0 Å². The minimum atomic E-state index is -2.62. The zero-order chi connectivity index (χ0) is 15.9. The Morgan fingerprint density at radius 3 is 1.18 bits per heavy atom. The van der Waals surface area contributed by atoms with Crippen molar-refractivity contribution in [2.24, 2.45) is 0 Å². The van der Waals surface area contributed by atoms with Crippen molar-refractivity contribution in [1.82, 2.24) is 0 Å². The number of hydrogen-bond acceptors (Lipinski definition) is 2. The molecule has 0 saturated carbocycles. The summed E-state index contributed by atoms with van der Waals surface area (Å²) in [7, 11) is -1.88. The van der Waals surface area contributed by atoms with Gasteiger partial charge in [0.15, 0.2) is 0 Å². The van der Waals surface area contributed by atoms with Crippen LogP contribution in [-0.4, -0.2) is 31.5 Å². The van der Waals surface area contributed by atoms with Gasteiger partial charge in [-0.05, 0) is 24.3 Å². The Bertz CT molecular complexity index is 506. The van der Waals surface area contributed by atoms with Crippen molar-refractivity contribution in [3.05, 3.63) is 60.7 Å². The third-order valence-corrected chi connectivity index (χ3v) is 4.64. The molecule has 2 aromatic carbocycles. The third kappa shape index (κ3) is 4.60. The summed E-state index contributed by atoms with van der Waals surface area (Å²) in [4.78, 5) is 0. The minimum absolute atomic E-state index is 0.457. The van der Waals surface area contributed by atoms with Crippen molar-refractivity contribution in [3.8, 4) is 0 Å². The van der Waals surface area contributed by atoms with E-state index in [4.69, 9.17) is 0 Å². The Morgan fingerprint density at radius 2 is 0.909 bits per heavy atom. The van der Waals surface area contributed by atoms with Gasteiger partial charge in [0.25, 0.3) is 19.4 Å². The van der Waals surface area contributed by atoms with Crippen molar-refractivity contribution < 1.29 is 17.6 Å². The maximum Gasteiger partial charge on any atom is 0.295 e. The molecule has 2 aromatic rings. The Morgan fingerprint density at radius 1 is 0.591 bits per heavy atom. The Labute approximate surface area is 131 Å². The highest BCUT2D eigenvalue weighted by atomic mass is 28.2. The molecule has 0 amide bonds. The molecule has 8 heteroatoms. The monoisotopic (exact) mass is 340 g/mol. The molecule has 0 aromatic heterocycles. The predicted molar refractivity (Wildman–Crippen MR) is 81.4 cm³/mol. The standard InChI is InChI=1S/C14H12F4N2Si2/c15-13(16)21-19(11-7-3-1-4-8-11)20(22-14(17)18)12-9-5-2-6-10-12/h1-10,13-14H. The van der Waals surface area contributed by atoms with Crippen LogP contribution >= 0.6 is 0 Å². The van der Waals surface area contributed by atoms with Gasteiger partial charge in [-0.15, -0.1) is 0 Å². The number of anilines is 2. The molecule has 0 aliphatic rings. The lowest BCUT2D eigenvalue weighted by Crippen LogP contribution is -2.52. The molecule has 0 fully saturated rings. The van der Waals surface area contributed by atoms with Gasteiger partial charge in [-0.25, -0.2) is 17.6 Å². The van der Waals surface area contributed by atoms with Crippen LogP contribution in [0.25, 0.3) is 0 Å². The van der Waals surface area contributed by atoms with Crippen LogP contribution in [0.1, 0.15) is 0 Å². The fourth-order valence-electron chi connectivity index (χ4n) is 1.82. The fourth-order valence-corrected chi connectivity index (χ4v) is 3.59. The topological polar surface area (TPSA) is 6.48 Å². The van der Waals surface area contributed by atoms with Gasteiger partial charge in [-0.3, -0.25) is 0 Å². The van der Waals surface area contributed by atoms with E-state index >= 15 is 0 Å². The average Bonchev–Trinajstić information content (AvgIpc) is 2.52. The van der Waals surface area contributed by atoms with Gasteiger partial charge in [0.05, 0.1) is 0 Å². The van der Waals surface area contributed by atoms with Gasteiger partial charge in [0, 0.05) is 11.4 Å². The maximum atomic E-state index is 12.9. The first kappa shape index (κ1) is 16.6. The summed E-state index contributed by atoms with van der Waals surface area (Å²) in [6, 6.07) is 11.5. The molecule has 4 radical (unpaired) electrons. The molecule has 0 heterocycles. The summed E-state index contributed by atoms with van der Waals surface area (Å²) in [5.41, 5.74) is 0.913. The van der Waals surface area contributed by atoms with Gasteiger partial charge in [-0.2, -0.15) is 0 Å². The van der Waals surface area contributed by atoms with Crippen LogP contribution in [0.3, 0.4) is 0 Å². The molecule has 114 valence electrons. The number of benzene rings is 2. The van der Waals surface area contributed by atoms with Crippen LogP contribution in [-0.2, 0) is 0 Å². The zero-order valence-corrected chi connectivity index (χ0v) is 13.3. The van der Waals surface area contributed by atoms with E-state index in [1.54, 1.807) is 60.7 Å². The Hall–Kier alpha value is -1.81. The molecule has 0 spiro atoms. The largest absolute Gasteiger partial charge is 0.316 e. The van der Waals surface area contributed by atoms with E-state index in [1.165, 1.54) is 9.35 Å². The number of rotatable bonds is 7. The maximum absolute atomic E-state index is 12.9. The van der Waals surface area contributed by atoms with Crippen LogP contribution in [0, 0.1) is 0 Å². The van der Waals surface area contributed by atoms with Crippen LogP contribution in [0.4, 0.5) is 28.9 Å². The number of hydrazine groups is 1. The first-order chi connectivity index (χ1) is 10.6. The number of para-hydroxylation sites is 2. The van der Waals surface area contributed by atoms with Gasteiger partial charge < -0.3 is 9.35 Å². The van der Waals surface area contributed by atoms with Crippen LogP contribution < -0.4 is 9.35 Å². The summed E-state index contributed by atoms with van der Waals surface area (Å²) < 4.78 is 54.2. The molecule has 0 aliphatic heterocycles. The molecule has 2 nitrogen and oxygen atoms in total. The van der Waals surface area contributed by atoms with Gasteiger partial charge in [-0.1, -0.05) is 36.4 Å². The van der Waals surface area contributed by atoms with Gasteiger partial charge in [0.2, 0.25) is 12.1 Å². The highest BCUT2D eigenvalue weighted by molar-refractivity contribution is 6.51. The van der Waals surface area contributed by atoms with E-state index in [1.807, 2.05) is 0 Å². The van der Waals surface area contributed by atoms with Crippen molar-refractivity contribution >= 4 is 30.7 Å². The Kier molecular flexibility index (Phi) is 6.02. The number of alkyl halides is 4. The van der Waals surface area contributed by atoms with E-state index in [0.29, 0.717) is 11.4 Å². The minimum Gasteiger partial charge on any atom is -0.316 e. The molecule has 0 bridgehead atoms. The average molecular weight is 340 g/mol. The van der Waals surface area contributed by atoms with Crippen molar-refractivity contribution in [3.63, 3.8) is 0 Å². The summed E-state index contributed by atoms with van der Waals surface area (Å²) in [6.07, 6.45) is 0. The second-order valence-electron chi connectivity index (χ2n) is 4.15. The summed E-state index contributed by atoms with van der Waals surface area (Å²) in [6.45, 7) is 0. The number of hydrogen-bond donors (Lipinski definition) is 0. The molecule has 0 atom stereocenters. The fraction of sp³-hybridized carbons (Fsp3) is 0.143. The van der Waals surface area contributed by atoms with Gasteiger partial charge in [0.1, 0.15) is 0 Å². The first-order valence-corrected chi connectivity index (χ1v) is 8.42. The normalized spacial score (nSPS) is 11.0. The van der Waals surface area contributed by atoms with E-state index < -0.39 is 31.5 Å². The third-order valence-electron chi connectivity index (χ3n) is 2.64. The number of nitrogens with zero attached hydrogens (tertiary/aromatic N) is 2. The highest BCUT2D eigenvalue weighted by Gasteiger charge is 2.26. The molecular formula is C14H12F4N2Si2. The van der Waals surface area contributed by atoms with Gasteiger partial charge >= 0.3 is 0 Å². The highest BCUT2D eigenvalue weighted by Crippen LogP contribution is 2.22. The molecule has 2 rings (SSSR count). The van der Waals surface area contributed by atoms with E-state index in [2.05, 4.69) is 0 Å². The SMILES string of the molecule is FC(F)[Si]N(c1ccccc1)N([Si]C(F)F)c1ccccc1. The summed E-state index contributed by atoms with van der Waals surface area (Å²) in [5.74, 6) is 0. The molecule has 0 N–H and O–H groups in total. The van der Waals surface area contributed by atoms with Crippen LogP contribution in [0.5, 0.6) is 0 Å². The predicted octanol–water partition coefficient (Wildman–Crippen LogP) is 3.60. The lowest BCUT2D eigenvalue weighted by molar-refractivity contribution is 0.234. The smallest absolute Gasteiger partial charge is 0.295 e. The quantitative estimate of drug-likeness (QED) is 0.432. The first-order valence-electron chi connectivity index (χ1n) is 6.37. The molecule has 0 saturated heterocycles. The zero-order valence-electron chi connectivity index (χ0n) is 11.3.